The normalized spacial score (nSPS) is 17.1. The van der Waals surface area contributed by atoms with Gasteiger partial charge in [0.05, 0.1) is 23.3 Å². The van der Waals surface area contributed by atoms with Gasteiger partial charge in [0.1, 0.15) is 0 Å². The van der Waals surface area contributed by atoms with E-state index in [0.29, 0.717) is 17.9 Å². The molecule has 0 aromatic carbocycles. The van der Waals surface area contributed by atoms with E-state index in [0.717, 1.165) is 29.9 Å². The summed E-state index contributed by atoms with van der Waals surface area (Å²) < 4.78 is 8.26. The summed E-state index contributed by atoms with van der Waals surface area (Å²) in [6, 6.07) is 0.443. The fourth-order valence-corrected chi connectivity index (χ4v) is 2.41. The molecule has 6 nitrogen and oxygen atoms in total. The van der Waals surface area contributed by atoms with Gasteiger partial charge in [0.2, 0.25) is 5.89 Å². The number of nitrogens with zero attached hydrogens (tertiary/aromatic N) is 5. The lowest BCUT2D eigenvalue weighted by molar-refractivity contribution is 0.0790. The summed E-state index contributed by atoms with van der Waals surface area (Å²) >= 11 is 3.41. The first-order valence-corrected chi connectivity index (χ1v) is 7.15. The minimum absolute atomic E-state index is 0.308. The predicted octanol–water partition coefficient (Wildman–Crippen LogP) is 2.21. The molecule has 3 rings (SSSR count). The van der Waals surface area contributed by atoms with E-state index in [1.165, 1.54) is 0 Å². The Morgan fingerprint density at radius 2 is 2.26 bits per heavy atom. The smallest absolute Gasteiger partial charge is 0.240 e. The fourth-order valence-electron chi connectivity index (χ4n) is 2.11. The summed E-state index contributed by atoms with van der Waals surface area (Å²) in [7, 11) is 0. The molecule has 0 spiro atoms. The molecule has 0 N–H and O–H groups in total. The van der Waals surface area contributed by atoms with E-state index >= 15 is 0 Å². The van der Waals surface area contributed by atoms with Crippen LogP contribution in [0.5, 0.6) is 0 Å². The maximum atomic E-state index is 5.24. The number of aromatic nitrogens is 4. The van der Waals surface area contributed by atoms with E-state index in [2.05, 4.69) is 49.9 Å². The van der Waals surface area contributed by atoms with Crippen LogP contribution in [0.25, 0.3) is 0 Å². The first-order chi connectivity index (χ1) is 9.11. The number of hydrogen-bond acceptors (Lipinski definition) is 5. The predicted molar refractivity (Wildman–Crippen MR) is 72.6 cm³/mol. The van der Waals surface area contributed by atoms with Crippen molar-refractivity contribution >= 4 is 15.9 Å². The molecule has 2 aromatic heterocycles. The highest BCUT2D eigenvalue weighted by Gasteiger charge is 2.30. The van der Waals surface area contributed by atoms with Crippen molar-refractivity contribution in [3.8, 4) is 0 Å². The molecule has 1 saturated heterocycles. The topological polar surface area (TPSA) is 60.0 Å². The van der Waals surface area contributed by atoms with Gasteiger partial charge < -0.3 is 4.52 Å². The summed E-state index contributed by atoms with van der Waals surface area (Å²) in [6.07, 6.45) is 3.82. The van der Waals surface area contributed by atoms with Crippen LogP contribution in [0.1, 0.15) is 37.5 Å². The van der Waals surface area contributed by atoms with Gasteiger partial charge in [0.15, 0.2) is 5.82 Å². The maximum absolute atomic E-state index is 5.24. The Morgan fingerprint density at radius 3 is 2.84 bits per heavy atom. The largest absolute Gasteiger partial charge is 0.338 e. The Kier molecular flexibility index (Phi) is 3.40. The second-order valence-electron chi connectivity index (χ2n) is 5.19. The van der Waals surface area contributed by atoms with Gasteiger partial charge in [-0.2, -0.15) is 10.1 Å². The molecule has 0 radical (unpaired) electrons. The van der Waals surface area contributed by atoms with Gasteiger partial charge in [0, 0.05) is 25.2 Å². The van der Waals surface area contributed by atoms with E-state index in [-0.39, 0.29) is 0 Å². The summed E-state index contributed by atoms with van der Waals surface area (Å²) in [5.41, 5.74) is 0. The zero-order valence-electron chi connectivity index (χ0n) is 11.0. The lowest BCUT2D eigenvalue weighted by Crippen LogP contribution is -2.47. The zero-order chi connectivity index (χ0) is 13.4. The van der Waals surface area contributed by atoms with Crippen LogP contribution in [0, 0.1) is 0 Å². The Labute approximate surface area is 119 Å². The van der Waals surface area contributed by atoms with Crippen molar-refractivity contribution in [2.75, 3.05) is 13.1 Å². The fraction of sp³-hybridized carbons (Fsp3) is 0.583. The molecule has 19 heavy (non-hydrogen) atoms. The summed E-state index contributed by atoms with van der Waals surface area (Å²) in [5.74, 6) is 1.79. The van der Waals surface area contributed by atoms with E-state index < -0.39 is 0 Å². The van der Waals surface area contributed by atoms with Crippen LogP contribution < -0.4 is 0 Å². The molecule has 102 valence electrons. The molecule has 1 aliphatic rings. The van der Waals surface area contributed by atoms with Crippen molar-refractivity contribution < 1.29 is 4.52 Å². The average molecular weight is 326 g/mol. The second-order valence-corrected chi connectivity index (χ2v) is 6.10. The lowest BCUT2D eigenvalue weighted by atomic mass is 10.1. The maximum Gasteiger partial charge on any atom is 0.240 e. The SMILES string of the molecule is CC(C)c1noc(CN2CC(n3cc(Br)cn3)C2)n1. The highest BCUT2D eigenvalue weighted by atomic mass is 79.9. The van der Waals surface area contributed by atoms with Crippen LogP contribution in [0.3, 0.4) is 0 Å². The molecule has 3 heterocycles. The minimum atomic E-state index is 0.308. The number of halogens is 1. The van der Waals surface area contributed by atoms with E-state index in [1.807, 2.05) is 17.1 Å². The molecular weight excluding hydrogens is 310 g/mol. The minimum Gasteiger partial charge on any atom is -0.338 e. The van der Waals surface area contributed by atoms with Gasteiger partial charge in [-0.3, -0.25) is 9.58 Å². The zero-order valence-corrected chi connectivity index (χ0v) is 12.5. The van der Waals surface area contributed by atoms with E-state index in [9.17, 15) is 0 Å². The average Bonchev–Trinajstić information content (AvgIpc) is 2.91. The second kappa shape index (κ2) is 5.05. The standard InChI is InChI=1S/C12H16BrN5O/c1-8(2)12-15-11(19-16-12)7-17-5-10(6-17)18-4-9(13)3-14-18/h3-4,8,10H,5-7H2,1-2H3. The van der Waals surface area contributed by atoms with Gasteiger partial charge in [-0.15, -0.1) is 0 Å². The van der Waals surface area contributed by atoms with Crippen molar-refractivity contribution in [3.63, 3.8) is 0 Å². The van der Waals surface area contributed by atoms with Gasteiger partial charge in [-0.25, -0.2) is 0 Å². The third-order valence-electron chi connectivity index (χ3n) is 3.24. The number of hydrogen-bond donors (Lipinski definition) is 0. The van der Waals surface area contributed by atoms with Gasteiger partial charge >= 0.3 is 0 Å². The third-order valence-corrected chi connectivity index (χ3v) is 3.65. The lowest BCUT2D eigenvalue weighted by Gasteiger charge is -2.38. The Morgan fingerprint density at radius 1 is 1.47 bits per heavy atom. The van der Waals surface area contributed by atoms with Crippen molar-refractivity contribution in [2.24, 2.45) is 0 Å². The van der Waals surface area contributed by atoms with Gasteiger partial charge in [0.25, 0.3) is 0 Å². The van der Waals surface area contributed by atoms with Crippen LogP contribution in [-0.4, -0.2) is 37.9 Å². The van der Waals surface area contributed by atoms with Crippen molar-refractivity contribution in [2.45, 2.75) is 32.4 Å². The molecule has 1 aliphatic heterocycles. The molecule has 1 fully saturated rings. The van der Waals surface area contributed by atoms with Crippen LogP contribution >= 0.6 is 15.9 Å². The first-order valence-electron chi connectivity index (χ1n) is 6.36. The van der Waals surface area contributed by atoms with Crippen LogP contribution in [0.2, 0.25) is 0 Å². The van der Waals surface area contributed by atoms with Crippen LogP contribution in [0.4, 0.5) is 0 Å². The molecule has 0 atom stereocenters. The number of likely N-dealkylation sites (tertiary alicyclic amines) is 1. The van der Waals surface area contributed by atoms with E-state index in [4.69, 9.17) is 4.52 Å². The van der Waals surface area contributed by atoms with E-state index in [1.54, 1.807) is 0 Å². The molecule has 0 aliphatic carbocycles. The molecule has 0 saturated carbocycles. The molecule has 2 aromatic rings. The highest BCUT2D eigenvalue weighted by molar-refractivity contribution is 9.10. The first kappa shape index (κ1) is 12.8. The van der Waals surface area contributed by atoms with Crippen LogP contribution in [0.15, 0.2) is 21.4 Å². The van der Waals surface area contributed by atoms with Gasteiger partial charge in [-0.1, -0.05) is 19.0 Å². The van der Waals surface area contributed by atoms with Gasteiger partial charge in [-0.05, 0) is 15.9 Å². The quantitative estimate of drug-likeness (QED) is 0.862. The number of rotatable bonds is 4. The Bertz CT molecular complexity index is 558. The van der Waals surface area contributed by atoms with Crippen molar-refractivity contribution in [1.29, 1.82) is 0 Å². The Balaban J connectivity index is 1.53. The monoisotopic (exact) mass is 325 g/mol. The molecule has 0 unspecified atom stereocenters. The van der Waals surface area contributed by atoms with Crippen molar-refractivity contribution in [3.05, 3.63) is 28.6 Å². The summed E-state index contributed by atoms with van der Waals surface area (Å²) in [4.78, 5) is 6.66. The van der Waals surface area contributed by atoms with Crippen molar-refractivity contribution in [1.82, 2.24) is 24.8 Å². The molecule has 0 amide bonds. The third kappa shape index (κ3) is 2.71. The molecular formula is C12H16BrN5O. The summed E-state index contributed by atoms with van der Waals surface area (Å²) in [5, 5.41) is 8.27. The highest BCUT2D eigenvalue weighted by Crippen LogP contribution is 2.23. The Hall–Kier alpha value is -1.21. The summed E-state index contributed by atoms with van der Waals surface area (Å²) in [6.45, 7) is 6.77. The van der Waals surface area contributed by atoms with Crippen LogP contribution in [-0.2, 0) is 6.54 Å². The molecule has 0 bridgehead atoms. The molecule has 7 heteroatoms.